The molecule has 2 aromatic carbocycles. The number of aryl methyl sites for hydroxylation is 1. The maximum atomic E-state index is 12.7. The molecule has 0 bridgehead atoms. The summed E-state index contributed by atoms with van der Waals surface area (Å²) in [6.45, 7) is 4.01. The lowest BCUT2D eigenvalue weighted by Crippen LogP contribution is -2.23. The fourth-order valence-electron chi connectivity index (χ4n) is 3.24. The first-order chi connectivity index (χ1) is 15.0. The molecule has 0 radical (unpaired) electrons. The molecule has 3 aromatic rings. The molecular formula is C23H26N2O5S. The van der Waals surface area contributed by atoms with Gasteiger partial charge in [0.15, 0.2) is 4.80 Å². The summed E-state index contributed by atoms with van der Waals surface area (Å²) < 4.78 is 18.5. The zero-order chi connectivity index (χ0) is 22.4. The number of carbonyl (C=O) groups is 2. The average molecular weight is 443 g/mol. The van der Waals surface area contributed by atoms with E-state index in [4.69, 9.17) is 14.2 Å². The topological polar surface area (TPSA) is 79.1 Å². The van der Waals surface area contributed by atoms with Crippen LogP contribution in [0.25, 0.3) is 10.2 Å². The van der Waals surface area contributed by atoms with E-state index in [1.165, 1.54) is 16.9 Å². The second-order valence-electron chi connectivity index (χ2n) is 6.78. The van der Waals surface area contributed by atoms with Gasteiger partial charge in [-0.2, -0.15) is 4.99 Å². The highest BCUT2D eigenvalue weighted by molar-refractivity contribution is 7.16. The minimum absolute atomic E-state index is 0.0886. The molecule has 1 aromatic heterocycles. The third-order valence-electron chi connectivity index (χ3n) is 4.79. The third-order valence-corrected chi connectivity index (χ3v) is 5.88. The Morgan fingerprint density at radius 2 is 1.61 bits per heavy atom. The quantitative estimate of drug-likeness (QED) is 0.499. The Balaban J connectivity index is 2.07. The zero-order valence-electron chi connectivity index (χ0n) is 18.1. The highest BCUT2D eigenvalue weighted by atomic mass is 32.1. The standard InChI is InChI=1S/C23H26N2O5S/c1-5-15-7-9-16(10-8-15)13-19(26)24-23-25(14-20(27)30-6-2)21-17(28-3)11-12-18(29-4)22(21)31-23/h7-12H,5-6,13-14H2,1-4H3. The molecule has 0 aliphatic heterocycles. The van der Waals surface area contributed by atoms with Crippen LogP contribution in [0.5, 0.6) is 11.5 Å². The van der Waals surface area contributed by atoms with Gasteiger partial charge in [0.05, 0.1) is 27.2 Å². The molecule has 1 amide bonds. The minimum Gasteiger partial charge on any atom is -0.495 e. The maximum Gasteiger partial charge on any atom is 0.326 e. The van der Waals surface area contributed by atoms with Crippen LogP contribution in [0.3, 0.4) is 0 Å². The van der Waals surface area contributed by atoms with Crippen molar-refractivity contribution in [1.82, 2.24) is 4.57 Å². The van der Waals surface area contributed by atoms with Crippen LogP contribution in [0, 0.1) is 0 Å². The van der Waals surface area contributed by atoms with Crippen LogP contribution >= 0.6 is 11.3 Å². The Hall–Kier alpha value is -3.13. The second kappa shape index (κ2) is 10.3. The lowest BCUT2D eigenvalue weighted by atomic mass is 10.1. The molecule has 0 aliphatic rings. The maximum absolute atomic E-state index is 12.7. The number of benzene rings is 2. The number of methoxy groups -OCH3 is 2. The number of nitrogens with zero attached hydrogens (tertiary/aromatic N) is 2. The first-order valence-corrected chi connectivity index (χ1v) is 10.9. The van der Waals surface area contributed by atoms with Gasteiger partial charge in [0.1, 0.15) is 28.3 Å². The predicted molar refractivity (Wildman–Crippen MR) is 120 cm³/mol. The third kappa shape index (κ3) is 5.14. The van der Waals surface area contributed by atoms with Gasteiger partial charge in [0, 0.05) is 0 Å². The van der Waals surface area contributed by atoms with Crippen LogP contribution in [-0.4, -0.2) is 37.3 Å². The van der Waals surface area contributed by atoms with E-state index in [1.807, 2.05) is 24.3 Å². The highest BCUT2D eigenvalue weighted by Crippen LogP contribution is 2.35. The number of fused-ring (bicyclic) bond motifs is 1. The number of carbonyl (C=O) groups excluding carboxylic acids is 2. The average Bonchev–Trinajstić information content (AvgIpc) is 3.11. The molecule has 0 spiro atoms. The summed E-state index contributed by atoms with van der Waals surface area (Å²) in [5, 5.41) is 0. The lowest BCUT2D eigenvalue weighted by Gasteiger charge is -2.10. The van der Waals surface area contributed by atoms with Gasteiger partial charge in [-0.05, 0) is 36.6 Å². The van der Waals surface area contributed by atoms with E-state index in [9.17, 15) is 9.59 Å². The van der Waals surface area contributed by atoms with Gasteiger partial charge in [-0.25, -0.2) is 0 Å². The largest absolute Gasteiger partial charge is 0.495 e. The van der Waals surface area contributed by atoms with Crippen molar-refractivity contribution >= 4 is 33.4 Å². The molecule has 8 heteroatoms. The van der Waals surface area contributed by atoms with E-state index < -0.39 is 5.97 Å². The Morgan fingerprint density at radius 3 is 2.23 bits per heavy atom. The van der Waals surface area contributed by atoms with Gasteiger partial charge >= 0.3 is 5.97 Å². The molecule has 0 aliphatic carbocycles. The van der Waals surface area contributed by atoms with Gasteiger partial charge in [0.2, 0.25) is 0 Å². The number of ether oxygens (including phenoxy) is 3. The van der Waals surface area contributed by atoms with Gasteiger partial charge in [-0.3, -0.25) is 9.59 Å². The fourth-order valence-corrected chi connectivity index (χ4v) is 4.39. The van der Waals surface area contributed by atoms with E-state index in [0.717, 1.165) is 16.7 Å². The van der Waals surface area contributed by atoms with Gasteiger partial charge in [-0.15, -0.1) is 0 Å². The van der Waals surface area contributed by atoms with Gasteiger partial charge in [-0.1, -0.05) is 42.5 Å². The predicted octanol–water partition coefficient (Wildman–Crippen LogP) is 3.52. The Bertz CT molecular complexity index is 1150. The molecule has 31 heavy (non-hydrogen) atoms. The van der Waals surface area contributed by atoms with E-state index in [0.29, 0.717) is 21.8 Å². The van der Waals surface area contributed by atoms with E-state index in [2.05, 4.69) is 11.9 Å². The summed E-state index contributed by atoms with van der Waals surface area (Å²) in [5.41, 5.74) is 2.74. The molecule has 0 unspecified atom stereocenters. The summed E-state index contributed by atoms with van der Waals surface area (Å²) in [7, 11) is 3.12. The summed E-state index contributed by atoms with van der Waals surface area (Å²) >= 11 is 1.27. The van der Waals surface area contributed by atoms with Crippen molar-refractivity contribution in [3.05, 3.63) is 52.3 Å². The van der Waals surface area contributed by atoms with Gasteiger partial charge < -0.3 is 18.8 Å². The van der Waals surface area contributed by atoms with Gasteiger partial charge in [0.25, 0.3) is 5.91 Å². The highest BCUT2D eigenvalue weighted by Gasteiger charge is 2.19. The monoisotopic (exact) mass is 442 g/mol. The van der Waals surface area contributed by atoms with Crippen molar-refractivity contribution in [3.63, 3.8) is 0 Å². The van der Waals surface area contributed by atoms with Crippen LogP contribution in [-0.2, 0) is 33.7 Å². The number of aromatic nitrogens is 1. The Kier molecular flexibility index (Phi) is 7.46. The molecule has 0 fully saturated rings. The molecule has 164 valence electrons. The van der Waals surface area contributed by atoms with Crippen LogP contribution in [0.2, 0.25) is 0 Å². The van der Waals surface area contributed by atoms with Crippen molar-refractivity contribution in [1.29, 1.82) is 0 Å². The number of hydrogen-bond donors (Lipinski definition) is 0. The molecule has 3 rings (SSSR count). The van der Waals surface area contributed by atoms with E-state index >= 15 is 0 Å². The van der Waals surface area contributed by atoms with E-state index in [1.54, 1.807) is 37.8 Å². The molecular weight excluding hydrogens is 416 g/mol. The molecule has 0 N–H and O–H groups in total. The van der Waals surface area contributed by atoms with Crippen LogP contribution in [0.15, 0.2) is 41.4 Å². The number of esters is 1. The SMILES string of the molecule is CCOC(=O)Cn1c(=NC(=O)Cc2ccc(CC)cc2)sc2c(OC)ccc(OC)c21. The van der Waals surface area contributed by atoms with Crippen molar-refractivity contribution in [2.75, 3.05) is 20.8 Å². The number of hydrogen-bond acceptors (Lipinski definition) is 6. The normalized spacial score (nSPS) is 11.5. The minimum atomic E-state index is -0.420. The summed E-state index contributed by atoms with van der Waals surface area (Å²) in [5.74, 6) is 0.449. The Morgan fingerprint density at radius 1 is 0.968 bits per heavy atom. The van der Waals surface area contributed by atoms with Crippen molar-refractivity contribution in [2.45, 2.75) is 33.2 Å². The van der Waals surface area contributed by atoms with Crippen LogP contribution in [0.1, 0.15) is 25.0 Å². The molecule has 0 saturated heterocycles. The molecule has 7 nitrogen and oxygen atoms in total. The first kappa shape index (κ1) is 22.6. The smallest absolute Gasteiger partial charge is 0.326 e. The molecule has 1 heterocycles. The first-order valence-electron chi connectivity index (χ1n) is 10.1. The van der Waals surface area contributed by atoms with Crippen LogP contribution in [0.4, 0.5) is 0 Å². The molecule has 0 saturated carbocycles. The number of thiazole rings is 1. The van der Waals surface area contributed by atoms with Crippen molar-refractivity contribution in [3.8, 4) is 11.5 Å². The number of amides is 1. The zero-order valence-corrected chi connectivity index (χ0v) is 19.0. The summed E-state index contributed by atoms with van der Waals surface area (Å²) in [6, 6.07) is 11.5. The molecule has 0 atom stereocenters. The fraction of sp³-hybridized carbons (Fsp3) is 0.348. The van der Waals surface area contributed by atoms with Crippen molar-refractivity contribution < 1.29 is 23.8 Å². The van der Waals surface area contributed by atoms with Crippen molar-refractivity contribution in [2.24, 2.45) is 4.99 Å². The van der Waals surface area contributed by atoms with E-state index in [-0.39, 0.29) is 25.5 Å². The van der Waals surface area contributed by atoms with Crippen LogP contribution < -0.4 is 14.3 Å². The second-order valence-corrected chi connectivity index (χ2v) is 7.75. The summed E-state index contributed by atoms with van der Waals surface area (Å²) in [4.78, 5) is 29.7. The summed E-state index contributed by atoms with van der Waals surface area (Å²) in [6.07, 6.45) is 1.11. The lowest BCUT2D eigenvalue weighted by molar-refractivity contribution is -0.143. The Labute approximate surface area is 184 Å². The number of rotatable bonds is 8.